The topological polar surface area (TPSA) is 115 Å². The highest BCUT2D eigenvalue weighted by molar-refractivity contribution is 6.29. The van der Waals surface area contributed by atoms with Gasteiger partial charge >= 0.3 is 0 Å². The fraction of sp³-hybridized carbons (Fsp3) is 0.167. The molecule has 4 heterocycles. The minimum Gasteiger partial charge on any atom is -0.506 e. The predicted molar refractivity (Wildman–Crippen MR) is 122 cm³/mol. The number of amides is 1. The molecule has 33 heavy (non-hydrogen) atoms. The highest BCUT2D eigenvalue weighted by Crippen LogP contribution is 2.43. The van der Waals surface area contributed by atoms with Crippen LogP contribution in [0.3, 0.4) is 0 Å². The molecule has 0 bridgehead atoms. The quantitative estimate of drug-likeness (QED) is 0.401. The third kappa shape index (κ3) is 3.53. The number of H-pyrrole nitrogens is 1. The molecule has 0 fully saturated rings. The van der Waals surface area contributed by atoms with Crippen molar-refractivity contribution in [3.8, 4) is 5.75 Å². The van der Waals surface area contributed by atoms with Gasteiger partial charge in [0.25, 0.3) is 0 Å². The summed E-state index contributed by atoms with van der Waals surface area (Å²) in [5.74, 6) is -0.342. The van der Waals surface area contributed by atoms with E-state index in [1.807, 2.05) is 6.07 Å². The monoisotopic (exact) mass is 461 g/mol. The summed E-state index contributed by atoms with van der Waals surface area (Å²) >= 11 is 6.15. The van der Waals surface area contributed by atoms with Crippen LogP contribution in [-0.4, -0.2) is 43.1 Å². The van der Waals surface area contributed by atoms with Gasteiger partial charge < -0.3 is 20.1 Å². The third-order valence-corrected chi connectivity index (χ3v) is 6.25. The highest BCUT2D eigenvalue weighted by Gasteiger charge is 2.39. The molecule has 3 aromatic heterocycles. The largest absolute Gasteiger partial charge is 0.506 e. The number of pyridine rings is 2. The SMILES string of the molecule is CN1C(=O)CC(c2ccc(O)cn2)c2cc(C(O)(c3cccc(Cl)n3)c3cnc[nH]3)ccc21. The van der Waals surface area contributed by atoms with Gasteiger partial charge in [-0.05, 0) is 47.5 Å². The lowest BCUT2D eigenvalue weighted by atomic mass is 9.81. The second-order valence-corrected chi connectivity index (χ2v) is 8.33. The smallest absolute Gasteiger partial charge is 0.227 e. The molecule has 2 unspecified atom stereocenters. The van der Waals surface area contributed by atoms with Crippen molar-refractivity contribution >= 4 is 23.2 Å². The number of carbonyl (C=O) groups excluding carboxylic acids is 1. The first-order valence-corrected chi connectivity index (χ1v) is 10.7. The van der Waals surface area contributed by atoms with E-state index in [1.165, 1.54) is 18.7 Å². The van der Waals surface area contributed by atoms with E-state index in [-0.39, 0.29) is 29.1 Å². The van der Waals surface area contributed by atoms with Crippen LogP contribution in [0.1, 0.15) is 40.5 Å². The lowest BCUT2D eigenvalue weighted by Gasteiger charge is -2.34. The van der Waals surface area contributed by atoms with Gasteiger partial charge in [-0.15, -0.1) is 0 Å². The van der Waals surface area contributed by atoms with E-state index in [0.717, 1.165) is 11.3 Å². The third-order valence-electron chi connectivity index (χ3n) is 6.04. The molecule has 0 saturated carbocycles. The fourth-order valence-corrected chi connectivity index (χ4v) is 4.46. The molecule has 9 heteroatoms. The van der Waals surface area contributed by atoms with Gasteiger partial charge in [0.05, 0.1) is 30.1 Å². The lowest BCUT2D eigenvalue weighted by Crippen LogP contribution is -2.35. The zero-order valence-corrected chi connectivity index (χ0v) is 18.4. The van der Waals surface area contributed by atoms with Crippen LogP contribution < -0.4 is 4.90 Å². The Kier molecular flexibility index (Phi) is 5.11. The summed E-state index contributed by atoms with van der Waals surface area (Å²) in [5, 5.41) is 21.9. The van der Waals surface area contributed by atoms with Gasteiger partial charge in [-0.25, -0.2) is 9.97 Å². The number of nitrogens with one attached hydrogen (secondary N) is 1. The van der Waals surface area contributed by atoms with Gasteiger partial charge in [-0.2, -0.15) is 0 Å². The van der Waals surface area contributed by atoms with E-state index in [2.05, 4.69) is 19.9 Å². The number of aromatic amines is 1. The summed E-state index contributed by atoms with van der Waals surface area (Å²) in [4.78, 5) is 30.1. The first-order valence-electron chi connectivity index (χ1n) is 10.3. The molecule has 2 atom stereocenters. The maximum absolute atomic E-state index is 12.7. The molecule has 1 aromatic carbocycles. The Hall–Kier alpha value is -3.75. The first kappa shape index (κ1) is 21.1. The Balaban J connectivity index is 1.71. The number of hydrogen-bond donors (Lipinski definition) is 3. The van der Waals surface area contributed by atoms with Gasteiger partial charge in [0.2, 0.25) is 5.91 Å². The first-order chi connectivity index (χ1) is 15.9. The average molecular weight is 462 g/mol. The maximum atomic E-state index is 12.7. The number of aromatic nitrogens is 4. The molecule has 8 nitrogen and oxygen atoms in total. The zero-order valence-electron chi connectivity index (χ0n) is 17.6. The standard InChI is InChI=1S/C24H20ClN5O3/c1-30-19-8-5-14(9-17(19)16(10-23(30)32)18-7-6-15(31)11-27-18)24(33,21-12-26-13-28-21)20-3-2-4-22(25)29-20/h2-9,11-13,16,31,33H,10H2,1H3,(H,26,28). The normalized spacial score (nSPS) is 17.5. The van der Waals surface area contributed by atoms with Crippen LogP contribution in [0, 0.1) is 0 Å². The molecule has 1 aliphatic heterocycles. The van der Waals surface area contributed by atoms with Crippen molar-refractivity contribution < 1.29 is 15.0 Å². The number of benzene rings is 1. The number of halogens is 1. The Morgan fingerprint density at radius 2 is 2.03 bits per heavy atom. The van der Waals surface area contributed by atoms with Gasteiger partial charge in [0, 0.05) is 30.8 Å². The number of anilines is 1. The molecule has 1 aliphatic rings. The molecular weight excluding hydrogens is 442 g/mol. The number of aromatic hydroxyl groups is 1. The summed E-state index contributed by atoms with van der Waals surface area (Å²) in [6.07, 6.45) is 4.59. The van der Waals surface area contributed by atoms with Gasteiger partial charge in [0.15, 0.2) is 5.60 Å². The number of hydrogen-bond acceptors (Lipinski definition) is 6. The van der Waals surface area contributed by atoms with Crippen LogP contribution in [0.5, 0.6) is 5.75 Å². The molecule has 0 saturated heterocycles. The summed E-state index contributed by atoms with van der Waals surface area (Å²) in [6, 6.07) is 13.7. The van der Waals surface area contributed by atoms with Crippen LogP contribution >= 0.6 is 11.6 Å². The number of imidazole rings is 1. The van der Waals surface area contributed by atoms with Gasteiger partial charge in [0.1, 0.15) is 10.9 Å². The van der Waals surface area contributed by atoms with Crippen molar-refractivity contribution in [1.29, 1.82) is 0 Å². The predicted octanol–water partition coefficient (Wildman–Crippen LogP) is 3.34. The van der Waals surface area contributed by atoms with Crippen molar-refractivity contribution in [3.05, 3.63) is 101 Å². The van der Waals surface area contributed by atoms with E-state index in [9.17, 15) is 15.0 Å². The van der Waals surface area contributed by atoms with Crippen LogP contribution in [0.25, 0.3) is 0 Å². The minimum absolute atomic E-state index is 0.0459. The van der Waals surface area contributed by atoms with Crippen LogP contribution in [0.4, 0.5) is 5.69 Å². The second kappa shape index (κ2) is 7.99. The van der Waals surface area contributed by atoms with Crippen LogP contribution in [0.15, 0.2) is 67.3 Å². The van der Waals surface area contributed by atoms with E-state index < -0.39 is 5.60 Å². The molecule has 0 spiro atoms. The van der Waals surface area contributed by atoms with E-state index >= 15 is 0 Å². The fourth-order valence-electron chi connectivity index (χ4n) is 4.29. The van der Waals surface area contributed by atoms with Crippen LogP contribution in [0.2, 0.25) is 5.15 Å². The van der Waals surface area contributed by atoms with Crippen molar-refractivity contribution in [2.24, 2.45) is 0 Å². The highest BCUT2D eigenvalue weighted by atomic mass is 35.5. The molecule has 0 radical (unpaired) electrons. The Bertz CT molecular complexity index is 1330. The summed E-state index contributed by atoms with van der Waals surface area (Å²) in [7, 11) is 1.72. The average Bonchev–Trinajstić information content (AvgIpc) is 3.37. The number of rotatable bonds is 4. The van der Waals surface area contributed by atoms with E-state index in [4.69, 9.17) is 11.6 Å². The van der Waals surface area contributed by atoms with Gasteiger partial charge in [-0.3, -0.25) is 9.78 Å². The maximum Gasteiger partial charge on any atom is 0.227 e. The minimum atomic E-state index is -1.66. The number of nitrogens with zero attached hydrogens (tertiary/aromatic N) is 4. The number of carbonyl (C=O) groups is 1. The molecule has 4 aromatic rings. The molecule has 3 N–H and O–H groups in total. The van der Waals surface area contributed by atoms with Crippen molar-refractivity contribution in [1.82, 2.24) is 19.9 Å². The summed E-state index contributed by atoms with van der Waals surface area (Å²) < 4.78 is 0. The molecule has 0 aliphatic carbocycles. The lowest BCUT2D eigenvalue weighted by molar-refractivity contribution is -0.118. The Morgan fingerprint density at radius 1 is 1.18 bits per heavy atom. The van der Waals surface area contributed by atoms with Crippen molar-refractivity contribution in [3.63, 3.8) is 0 Å². The summed E-state index contributed by atoms with van der Waals surface area (Å²) in [5.41, 5.74) is 1.83. The molecule has 1 amide bonds. The number of aliphatic hydroxyl groups is 1. The second-order valence-electron chi connectivity index (χ2n) is 7.95. The van der Waals surface area contributed by atoms with Gasteiger partial charge in [-0.1, -0.05) is 23.7 Å². The molecule has 5 rings (SSSR count). The molecular formula is C24H20ClN5O3. The Labute approximate surface area is 194 Å². The number of fused-ring (bicyclic) bond motifs is 1. The van der Waals surface area contributed by atoms with E-state index in [0.29, 0.717) is 22.6 Å². The summed E-state index contributed by atoms with van der Waals surface area (Å²) in [6.45, 7) is 0. The van der Waals surface area contributed by atoms with Crippen LogP contribution in [-0.2, 0) is 10.4 Å². The van der Waals surface area contributed by atoms with E-state index in [1.54, 1.807) is 54.4 Å². The van der Waals surface area contributed by atoms with Crippen molar-refractivity contribution in [2.75, 3.05) is 11.9 Å². The molecule has 166 valence electrons. The zero-order chi connectivity index (χ0) is 23.2. The Morgan fingerprint density at radius 3 is 2.73 bits per heavy atom. The van der Waals surface area contributed by atoms with Crippen molar-refractivity contribution in [2.45, 2.75) is 17.9 Å².